The number of carbonyl (C=O) groups excluding carboxylic acids is 3. The molecule has 5 rings (SSSR count). The van der Waals surface area contributed by atoms with Gasteiger partial charge in [0.2, 0.25) is 5.91 Å². The van der Waals surface area contributed by atoms with Crippen molar-refractivity contribution in [3.05, 3.63) is 100 Å². The van der Waals surface area contributed by atoms with Gasteiger partial charge >= 0.3 is 0 Å². The van der Waals surface area contributed by atoms with Crippen LogP contribution >= 0.6 is 0 Å². The molecule has 160 valence electrons. The summed E-state index contributed by atoms with van der Waals surface area (Å²) in [6.07, 6.45) is 3.17. The lowest BCUT2D eigenvalue weighted by Crippen LogP contribution is -2.35. The minimum Gasteiger partial charge on any atom is -0.324 e. The van der Waals surface area contributed by atoms with Crippen LogP contribution in [0, 0.1) is 0 Å². The number of carbonyl (C=O) groups is 3. The van der Waals surface area contributed by atoms with Crippen LogP contribution in [-0.2, 0) is 11.2 Å². The summed E-state index contributed by atoms with van der Waals surface area (Å²) in [5, 5.41) is 2.89. The molecule has 2 aliphatic carbocycles. The molecule has 5 nitrogen and oxygen atoms in total. The molecule has 0 aliphatic heterocycles. The first-order valence-electron chi connectivity index (χ1n) is 10.9. The van der Waals surface area contributed by atoms with Crippen LogP contribution < -0.4 is 5.32 Å². The van der Waals surface area contributed by atoms with E-state index in [0.29, 0.717) is 22.4 Å². The smallest absolute Gasteiger partial charge is 0.238 e. The number of likely N-dealkylation sites (N-methyl/N-ethyl adjacent to an activating group) is 1. The maximum Gasteiger partial charge on any atom is 0.238 e. The van der Waals surface area contributed by atoms with Gasteiger partial charge in [0.15, 0.2) is 11.6 Å². The van der Waals surface area contributed by atoms with Crippen LogP contribution in [-0.4, -0.2) is 36.0 Å². The Morgan fingerprint density at radius 3 is 2.41 bits per heavy atom. The van der Waals surface area contributed by atoms with Gasteiger partial charge in [0.25, 0.3) is 0 Å². The van der Waals surface area contributed by atoms with Crippen molar-refractivity contribution in [2.75, 3.05) is 18.9 Å². The molecule has 0 radical (unpaired) electrons. The Balaban J connectivity index is 1.38. The number of hydrogen-bond donors (Lipinski definition) is 1. The second-order valence-electron chi connectivity index (χ2n) is 8.50. The van der Waals surface area contributed by atoms with Gasteiger partial charge in [-0.2, -0.15) is 0 Å². The number of hydrogen-bond acceptors (Lipinski definition) is 4. The third-order valence-corrected chi connectivity index (χ3v) is 6.49. The minimum absolute atomic E-state index is 0.186. The molecule has 32 heavy (non-hydrogen) atoms. The number of ketones is 2. The van der Waals surface area contributed by atoms with Crippen molar-refractivity contribution in [2.45, 2.75) is 25.3 Å². The maximum atomic E-state index is 13.1. The van der Waals surface area contributed by atoms with E-state index in [1.54, 1.807) is 42.5 Å². The van der Waals surface area contributed by atoms with Gasteiger partial charge in [-0.05, 0) is 43.5 Å². The predicted molar refractivity (Wildman–Crippen MR) is 123 cm³/mol. The van der Waals surface area contributed by atoms with Crippen molar-refractivity contribution in [2.24, 2.45) is 0 Å². The predicted octanol–water partition coefficient (Wildman–Crippen LogP) is 4.41. The monoisotopic (exact) mass is 424 g/mol. The Bertz CT molecular complexity index is 1250. The third kappa shape index (κ3) is 3.45. The van der Waals surface area contributed by atoms with E-state index in [1.165, 1.54) is 11.1 Å². The summed E-state index contributed by atoms with van der Waals surface area (Å²) < 4.78 is 0. The number of amides is 1. The van der Waals surface area contributed by atoms with Crippen LogP contribution in [0.1, 0.15) is 61.9 Å². The summed E-state index contributed by atoms with van der Waals surface area (Å²) in [5.74, 6) is -0.633. The third-order valence-electron chi connectivity index (χ3n) is 6.49. The first-order chi connectivity index (χ1) is 15.5. The van der Waals surface area contributed by atoms with Crippen LogP contribution in [0.5, 0.6) is 0 Å². The second kappa shape index (κ2) is 8.17. The Morgan fingerprint density at radius 2 is 1.59 bits per heavy atom. The number of nitrogens with zero attached hydrogens (tertiary/aromatic N) is 1. The number of fused-ring (bicyclic) bond motifs is 3. The topological polar surface area (TPSA) is 66.5 Å². The van der Waals surface area contributed by atoms with Crippen molar-refractivity contribution >= 4 is 23.2 Å². The Kier molecular flexibility index (Phi) is 5.19. The molecule has 1 amide bonds. The van der Waals surface area contributed by atoms with E-state index in [0.717, 1.165) is 19.3 Å². The fourth-order valence-corrected chi connectivity index (χ4v) is 4.96. The van der Waals surface area contributed by atoms with E-state index in [2.05, 4.69) is 28.4 Å². The highest BCUT2D eigenvalue weighted by Gasteiger charge is 2.32. The van der Waals surface area contributed by atoms with Crippen LogP contribution in [0.25, 0.3) is 0 Å². The lowest BCUT2D eigenvalue weighted by atomic mass is 9.83. The largest absolute Gasteiger partial charge is 0.324 e. The SMILES string of the molecule is CN(CC(=O)Nc1cccc2c1C(=O)c1ccccc1C2=O)C1CCCc2ccccc21. The van der Waals surface area contributed by atoms with Gasteiger partial charge in [0.05, 0.1) is 17.8 Å². The molecule has 0 heterocycles. The zero-order valence-corrected chi connectivity index (χ0v) is 17.9. The summed E-state index contributed by atoms with van der Waals surface area (Å²) >= 11 is 0. The Hall–Kier alpha value is -3.57. The number of aryl methyl sites for hydroxylation is 1. The fourth-order valence-electron chi connectivity index (χ4n) is 4.96. The van der Waals surface area contributed by atoms with Crippen molar-refractivity contribution in [1.29, 1.82) is 0 Å². The lowest BCUT2D eigenvalue weighted by molar-refractivity contribution is -0.117. The zero-order chi connectivity index (χ0) is 22.2. The lowest BCUT2D eigenvalue weighted by Gasteiger charge is -2.33. The molecule has 0 bridgehead atoms. The highest BCUT2D eigenvalue weighted by Crippen LogP contribution is 2.34. The van der Waals surface area contributed by atoms with Crippen molar-refractivity contribution in [3.63, 3.8) is 0 Å². The van der Waals surface area contributed by atoms with Crippen LogP contribution in [0.3, 0.4) is 0 Å². The molecule has 1 unspecified atom stereocenters. The first kappa shape index (κ1) is 20.3. The summed E-state index contributed by atoms with van der Waals surface area (Å²) in [4.78, 5) is 41.1. The van der Waals surface area contributed by atoms with Gasteiger partial charge in [-0.1, -0.05) is 60.7 Å². The summed E-state index contributed by atoms with van der Waals surface area (Å²) in [5.41, 5.74) is 4.40. The molecule has 0 fully saturated rings. The van der Waals surface area contributed by atoms with Gasteiger partial charge in [-0.25, -0.2) is 0 Å². The average molecular weight is 425 g/mol. The van der Waals surface area contributed by atoms with E-state index in [9.17, 15) is 14.4 Å². The number of rotatable bonds is 4. The zero-order valence-electron chi connectivity index (χ0n) is 17.9. The van der Waals surface area contributed by atoms with Crippen molar-refractivity contribution in [1.82, 2.24) is 4.90 Å². The molecule has 1 atom stereocenters. The van der Waals surface area contributed by atoms with Gasteiger partial charge in [-0.3, -0.25) is 19.3 Å². The van der Waals surface area contributed by atoms with E-state index in [-0.39, 0.29) is 35.6 Å². The van der Waals surface area contributed by atoms with E-state index in [4.69, 9.17) is 0 Å². The van der Waals surface area contributed by atoms with Crippen molar-refractivity contribution < 1.29 is 14.4 Å². The molecule has 0 spiro atoms. The van der Waals surface area contributed by atoms with Crippen LogP contribution in [0.4, 0.5) is 5.69 Å². The van der Waals surface area contributed by atoms with Gasteiger partial charge in [0.1, 0.15) is 0 Å². The summed E-state index contributed by atoms with van der Waals surface area (Å²) in [6, 6.07) is 20.4. The average Bonchev–Trinajstić information content (AvgIpc) is 2.82. The van der Waals surface area contributed by atoms with Crippen LogP contribution in [0.15, 0.2) is 66.7 Å². The summed E-state index contributed by atoms with van der Waals surface area (Å²) in [6.45, 7) is 0.196. The molecule has 5 heteroatoms. The Morgan fingerprint density at radius 1 is 0.906 bits per heavy atom. The van der Waals surface area contributed by atoms with Crippen LogP contribution in [0.2, 0.25) is 0 Å². The molecule has 3 aromatic carbocycles. The molecule has 1 N–H and O–H groups in total. The van der Waals surface area contributed by atoms with E-state index >= 15 is 0 Å². The molecule has 0 saturated carbocycles. The summed E-state index contributed by atoms with van der Waals surface area (Å²) in [7, 11) is 1.96. The first-order valence-corrected chi connectivity index (χ1v) is 10.9. The highest BCUT2D eigenvalue weighted by molar-refractivity contribution is 6.30. The second-order valence-corrected chi connectivity index (χ2v) is 8.50. The van der Waals surface area contributed by atoms with E-state index < -0.39 is 0 Å². The molecule has 0 aromatic heterocycles. The van der Waals surface area contributed by atoms with Gasteiger partial charge < -0.3 is 5.32 Å². The molecular weight excluding hydrogens is 400 g/mol. The maximum absolute atomic E-state index is 13.1. The molecule has 2 aliphatic rings. The normalized spacial score (nSPS) is 16.9. The number of anilines is 1. The van der Waals surface area contributed by atoms with E-state index in [1.807, 2.05) is 13.1 Å². The van der Waals surface area contributed by atoms with Gasteiger partial charge in [-0.15, -0.1) is 0 Å². The molecule has 0 saturated heterocycles. The number of benzene rings is 3. The highest BCUT2D eigenvalue weighted by atomic mass is 16.2. The minimum atomic E-state index is -0.235. The number of nitrogens with one attached hydrogen (secondary N) is 1. The molecule has 3 aromatic rings. The van der Waals surface area contributed by atoms with Crippen molar-refractivity contribution in [3.8, 4) is 0 Å². The fraction of sp³-hybridized carbons (Fsp3) is 0.222. The van der Waals surface area contributed by atoms with Gasteiger partial charge in [0, 0.05) is 22.7 Å². The standard InChI is InChI=1S/C27H24N2O3/c1-29(23-15-6-9-17-8-2-3-10-18(17)23)16-24(30)28-22-14-7-13-21-25(22)27(32)20-12-5-4-11-19(20)26(21)31/h2-5,7-8,10-14,23H,6,9,15-16H2,1H3,(H,28,30). The quantitative estimate of drug-likeness (QED) is 0.527. The Labute approximate surface area is 187 Å². The molecular formula is C27H24N2O3.